The zero-order chi connectivity index (χ0) is 26.4. The Bertz CT molecular complexity index is 1360. The number of carbonyl (C=O) groups excluding carboxylic acids is 1. The summed E-state index contributed by atoms with van der Waals surface area (Å²) in [6, 6.07) is 7.55. The van der Waals surface area contributed by atoms with E-state index in [1.165, 1.54) is 12.8 Å². The summed E-state index contributed by atoms with van der Waals surface area (Å²) in [5.74, 6) is 1.72. The summed E-state index contributed by atoms with van der Waals surface area (Å²) in [5, 5.41) is 8.02. The fraction of sp³-hybridized carbons (Fsp3) is 0.500. The van der Waals surface area contributed by atoms with Crippen molar-refractivity contribution < 1.29 is 14.3 Å². The molecule has 200 valence electrons. The summed E-state index contributed by atoms with van der Waals surface area (Å²) in [4.78, 5) is 26.1. The van der Waals surface area contributed by atoms with Crippen molar-refractivity contribution in [2.45, 2.75) is 63.5 Å². The normalized spacial score (nSPS) is 21.7. The maximum atomic E-state index is 13.9. The Morgan fingerprint density at radius 3 is 2.58 bits per heavy atom. The van der Waals surface area contributed by atoms with Crippen LogP contribution >= 0.6 is 0 Å². The van der Waals surface area contributed by atoms with E-state index in [9.17, 15) is 4.79 Å². The largest absolute Gasteiger partial charge is 0.497 e. The van der Waals surface area contributed by atoms with E-state index in [2.05, 4.69) is 21.6 Å². The Balaban J connectivity index is 1.40. The molecule has 2 aliphatic heterocycles. The van der Waals surface area contributed by atoms with Gasteiger partial charge >= 0.3 is 0 Å². The molecule has 1 aliphatic carbocycles. The van der Waals surface area contributed by atoms with Crippen molar-refractivity contribution in [2.24, 2.45) is 0 Å². The highest BCUT2D eigenvalue weighted by Crippen LogP contribution is 2.44. The summed E-state index contributed by atoms with van der Waals surface area (Å²) in [6.07, 6.45) is 7.54. The molecule has 1 spiro atoms. The number of amides is 1. The molecule has 0 unspecified atom stereocenters. The molecule has 2 saturated heterocycles. The second kappa shape index (κ2) is 9.73. The lowest BCUT2D eigenvalue weighted by Crippen LogP contribution is -2.42. The molecule has 8 nitrogen and oxygen atoms in total. The van der Waals surface area contributed by atoms with Crippen LogP contribution < -0.4 is 25.0 Å². The highest BCUT2D eigenvalue weighted by Gasteiger charge is 2.42. The zero-order valence-electron chi connectivity index (χ0n) is 22.8. The number of aromatic nitrogens is 2. The number of fused-ring (bicyclic) bond motifs is 1. The van der Waals surface area contributed by atoms with Crippen LogP contribution in [0.5, 0.6) is 11.5 Å². The molecule has 1 amide bonds. The fourth-order valence-electron chi connectivity index (χ4n) is 6.21. The summed E-state index contributed by atoms with van der Waals surface area (Å²) in [6.45, 7) is 6.90. The smallest absolute Gasteiger partial charge is 0.255 e. The van der Waals surface area contributed by atoms with Crippen molar-refractivity contribution in [1.29, 1.82) is 0 Å². The van der Waals surface area contributed by atoms with Crippen LogP contribution in [0.3, 0.4) is 0 Å². The fourth-order valence-corrected chi connectivity index (χ4v) is 6.21. The maximum Gasteiger partial charge on any atom is 0.255 e. The molecule has 2 aromatic heterocycles. The minimum absolute atomic E-state index is 0.133. The van der Waals surface area contributed by atoms with Gasteiger partial charge in [-0.1, -0.05) is 0 Å². The summed E-state index contributed by atoms with van der Waals surface area (Å²) < 4.78 is 10.9. The molecule has 3 aromatic rings. The summed E-state index contributed by atoms with van der Waals surface area (Å²) >= 11 is 0. The molecule has 4 heterocycles. The molecule has 2 atom stereocenters. The minimum atomic E-state index is -0.252. The predicted octanol–water partition coefficient (Wildman–Crippen LogP) is 4.66. The van der Waals surface area contributed by atoms with Crippen molar-refractivity contribution in [3.8, 4) is 11.5 Å². The quantitative estimate of drug-likeness (QED) is 0.473. The molecule has 3 aliphatic rings. The average molecular weight is 516 g/mol. The number of methoxy groups -OCH3 is 2. The number of hydrogen-bond acceptors (Lipinski definition) is 7. The van der Waals surface area contributed by atoms with Crippen molar-refractivity contribution in [3.63, 3.8) is 0 Å². The van der Waals surface area contributed by atoms with E-state index < -0.39 is 0 Å². The van der Waals surface area contributed by atoms with Gasteiger partial charge in [0, 0.05) is 47.9 Å². The highest BCUT2D eigenvalue weighted by atomic mass is 16.5. The lowest BCUT2D eigenvalue weighted by Gasteiger charge is -2.28. The van der Waals surface area contributed by atoms with Crippen molar-refractivity contribution in [1.82, 2.24) is 20.6 Å². The number of nitrogens with one attached hydrogen (secondary N) is 2. The number of anilines is 1. The lowest BCUT2D eigenvalue weighted by molar-refractivity contribution is 0.0940. The van der Waals surface area contributed by atoms with Crippen molar-refractivity contribution in [2.75, 3.05) is 38.8 Å². The van der Waals surface area contributed by atoms with Gasteiger partial charge in [-0.2, -0.15) is 0 Å². The first-order valence-electron chi connectivity index (χ1n) is 13.7. The SMILES string of the molecule is COc1cc(OC)cc([C@H](C)NC(=O)c2cnc3c(C4CC4)nc(C)cc3c2N2CC[C@]3(CCCN3)C2)c1. The van der Waals surface area contributed by atoms with Crippen LogP contribution in [0, 0.1) is 6.92 Å². The van der Waals surface area contributed by atoms with E-state index in [-0.39, 0.29) is 17.5 Å². The number of ether oxygens (including phenoxy) is 2. The van der Waals surface area contributed by atoms with Crippen molar-refractivity contribution >= 4 is 22.5 Å². The minimum Gasteiger partial charge on any atom is -0.497 e. The molecule has 8 heteroatoms. The van der Waals surface area contributed by atoms with Gasteiger partial charge in [0.2, 0.25) is 0 Å². The summed E-state index contributed by atoms with van der Waals surface area (Å²) in [5.41, 5.74) is 5.65. The first-order valence-corrected chi connectivity index (χ1v) is 13.7. The van der Waals surface area contributed by atoms with Crippen LogP contribution in [0.1, 0.15) is 78.3 Å². The molecule has 0 bridgehead atoms. The van der Waals surface area contributed by atoms with E-state index in [1.807, 2.05) is 32.0 Å². The Morgan fingerprint density at radius 1 is 1.16 bits per heavy atom. The third kappa shape index (κ3) is 4.55. The molecule has 0 radical (unpaired) electrons. The van der Waals surface area contributed by atoms with Gasteiger partial charge in [-0.3, -0.25) is 14.8 Å². The molecule has 2 N–H and O–H groups in total. The van der Waals surface area contributed by atoms with Gasteiger partial charge in [0.25, 0.3) is 5.91 Å². The van der Waals surface area contributed by atoms with Crippen LogP contribution in [0.15, 0.2) is 30.5 Å². The first kappa shape index (κ1) is 24.9. The second-order valence-electron chi connectivity index (χ2n) is 11.2. The number of rotatable bonds is 7. The van der Waals surface area contributed by atoms with Gasteiger partial charge in [0.05, 0.1) is 42.7 Å². The number of nitrogens with zero attached hydrogens (tertiary/aromatic N) is 3. The number of carbonyl (C=O) groups is 1. The van der Waals surface area contributed by atoms with E-state index in [0.29, 0.717) is 23.0 Å². The Kier molecular flexibility index (Phi) is 6.38. The monoisotopic (exact) mass is 515 g/mol. The van der Waals surface area contributed by atoms with Gasteiger partial charge < -0.3 is 25.0 Å². The molecular formula is C30H37N5O3. The molecular weight excluding hydrogens is 478 g/mol. The highest BCUT2D eigenvalue weighted by molar-refractivity contribution is 6.08. The van der Waals surface area contributed by atoms with E-state index in [0.717, 1.165) is 72.4 Å². The third-order valence-electron chi connectivity index (χ3n) is 8.41. The van der Waals surface area contributed by atoms with Gasteiger partial charge in [-0.05, 0) is 76.3 Å². The number of hydrogen-bond donors (Lipinski definition) is 2. The van der Waals surface area contributed by atoms with Gasteiger partial charge in [-0.15, -0.1) is 0 Å². The van der Waals surface area contributed by atoms with Crippen molar-refractivity contribution in [3.05, 3.63) is 53.0 Å². The van der Waals surface area contributed by atoms with Crippen LogP contribution in [0.4, 0.5) is 5.69 Å². The van der Waals surface area contributed by atoms with E-state index in [4.69, 9.17) is 19.4 Å². The van der Waals surface area contributed by atoms with Crippen LogP contribution in [-0.2, 0) is 0 Å². The van der Waals surface area contributed by atoms with Gasteiger partial charge in [-0.25, -0.2) is 0 Å². The second-order valence-corrected chi connectivity index (χ2v) is 11.2. The summed E-state index contributed by atoms with van der Waals surface area (Å²) in [7, 11) is 3.26. The van der Waals surface area contributed by atoms with Crippen LogP contribution in [0.25, 0.3) is 10.9 Å². The lowest BCUT2D eigenvalue weighted by atomic mass is 9.97. The molecule has 1 aromatic carbocycles. The Hall–Kier alpha value is -3.39. The Morgan fingerprint density at radius 2 is 1.92 bits per heavy atom. The maximum absolute atomic E-state index is 13.9. The Labute approximate surface area is 224 Å². The van der Waals surface area contributed by atoms with Crippen LogP contribution in [-0.4, -0.2) is 55.3 Å². The molecule has 3 fully saturated rings. The third-order valence-corrected chi connectivity index (χ3v) is 8.41. The molecule has 38 heavy (non-hydrogen) atoms. The first-order chi connectivity index (χ1) is 18.4. The number of aryl methyl sites for hydroxylation is 1. The standard InChI is InChI=1S/C30H37N5O3/c1-18-12-24-27(26(33-18)20-6-7-20)31-16-25(28(24)35-11-9-30(17-35)8-5-10-32-30)29(36)34-19(2)21-13-22(37-3)15-23(14-21)38-4/h12-16,19-20,32H,5-11,17H2,1-4H3,(H,34,36)/t19-,30+/m0/s1. The van der Waals surface area contributed by atoms with Crippen LogP contribution in [0.2, 0.25) is 0 Å². The predicted molar refractivity (Wildman–Crippen MR) is 148 cm³/mol. The number of pyridine rings is 2. The van der Waals surface area contributed by atoms with E-state index in [1.54, 1.807) is 20.4 Å². The topological polar surface area (TPSA) is 88.6 Å². The average Bonchev–Trinajstić information content (AvgIpc) is 3.54. The van der Waals surface area contributed by atoms with Gasteiger partial charge in [0.1, 0.15) is 11.5 Å². The molecule has 6 rings (SSSR count). The zero-order valence-corrected chi connectivity index (χ0v) is 22.8. The molecule has 1 saturated carbocycles. The number of benzene rings is 1. The van der Waals surface area contributed by atoms with Gasteiger partial charge in [0.15, 0.2) is 0 Å². The van der Waals surface area contributed by atoms with E-state index >= 15 is 0 Å².